The van der Waals surface area contributed by atoms with Crippen LogP contribution in [0.15, 0.2) is 110 Å². The highest BCUT2D eigenvalue weighted by Crippen LogP contribution is 2.25. The van der Waals surface area contributed by atoms with Crippen LogP contribution in [-0.4, -0.2) is 5.91 Å². The largest absolute Gasteiger partial charge is 0.355 e. The maximum Gasteiger partial charge on any atom is 0.255 e. The number of pyridine rings is 2. The van der Waals surface area contributed by atoms with Crippen LogP contribution >= 0.6 is 0 Å². The molecule has 0 aliphatic heterocycles. The fourth-order valence-corrected chi connectivity index (χ4v) is 3.74. The Kier molecular flexibility index (Phi) is 5.86. The Labute approximate surface area is 197 Å². The Morgan fingerprint density at radius 3 is 2.29 bits per heavy atom. The standard InChI is InChI=1S/C28H23N5O/c1-33-17-14-23(15-18-33)30-24-6-4-5-20(19-24)28(34)32-22-11-9-21(10-12-22)31-27-13-16-29-26-8-3-2-7-25(26)27/h2-19H,1H3,(H2,29,31,32,34)/p+2. The Morgan fingerprint density at radius 1 is 0.735 bits per heavy atom. The molecule has 6 nitrogen and oxygen atoms in total. The van der Waals surface area contributed by atoms with E-state index in [1.807, 2.05) is 109 Å². The van der Waals surface area contributed by atoms with E-state index in [9.17, 15) is 4.79 Å². The van der Waals surface area contributed by atoms with Crippen LogP contribution in [0.25, 0.3) is 10.9 Å². The van der Waals surface area contributed by atoms with E-state index in [1.54, 1.807) is 6.07 Å². The highest BCUT2D eigenvalue weighted by Gasteiger charge is 2.09. The molecule has 0 unspecified atom stereocenters. The smallest absolute Gasteiger partial charge is 0.255 e. The number of amides is 1. The van der Waals surface area contributed by atoms with Crippen LogP contribution in [0.4, 0.5) is 28.4 Å². The first-order chi connectivity index (χ1) is 16.6. The third kappa shape index (κ3) is 4.86. The number of carbonyl (C=O) groups excluding carboxylic acids is 1. The highest BCUT2D eigenvalue weighted by atomic mass is 16.1. The number of anilines is 5. The van der Waals surface area contributed by atoms with E-state index in [0.717, 1.165) is 39.3 Å². The minimum atomic E-state index is -0.159. The zero-order valence-electron chi connectivity index (χ0n) is 18.7. The summed E-state index contributed by atoms with van der Waals surface area (Å²) in [5.74, 6) is -0.159. The first-order valence-electron chi connectivity index (χ1n) is 11.0. The Hall–Kier alpha value is -4.71. The number of hydrogen-bond acceptors (Lipinski definition) is 3. The molecule has 0 bridgehead atoms. The number of hydrogen-bond donors (Lipinski definition) is 3. The normalized spacial score (nSPS) is 10.6. The van der Waals surface area contributed by atoms with E-state index in [1.165, 1.54) is 0 Å². The number of fused-ring (bicyclic) bond motifs is 1. The van der Waals surface area contributed by atoms with Gasteiger partial charge in [-0.15, -0.1) is 0 Å². The molecule has 0 aliphatic carbocycles. The van der Waals surface area contributed by atoms with Crippen molar-refractivity contribution in [1.29, 1.82) is 0 Å². The van der Waals surface area contributed by atoms with Crippen molar-refractivity contribution >= 4 is 45.2 Å². The fraction of sp³-hybridized carbons (Fsp3) is 0.0357. The van der Waals surface area contributed by atoms with Crippen LogP contribution < -0.4 is 25.5 Å². The lowest BCUT2D eigenvalue weighted by molar-refractivity contribution is -0.671. The van der Waals surface area contributed by atoms with Crippen LogP contribution in [0.3, 0.4) is 0 Å². The molecule has 0 radical (unpaired) electrons. The lowest BCUT2D eigenvalue weighted by Crippen LogP contribution is -2.25. The molecule has 5 rings (SSSR count). The van der Waals surface area contributed by atoms with E-state index in [2.05, 4.69) is 27.0 Å². The number of aryl methyl sites for hydroxylation is 1. The summed E-state index contributed by atoms with van der Waals surface area (Å²) in [5, 5.41) is 10.9. The van der Waals surface area contributed by atoms with Crippen molar-refractivity contribution in [3.05, 3.63) is 115 Å². The van der Waals surface area contributed by atoms with Gasteiger partial charge in [0.15, 0.2) is 18.6 Å². The summed E-state index contributed by atoms with van der Waals surface area (Å²) < 4.78 is 1.97. The summed E-state index contributed by atoms with van der Waals surface area (Å²) in [6.07, 6.45) is 5.85. The molecule has 4 N–H and O–H groups in total. The van der Waals surface area contributed by atoms with Gasteiger partial charge >= 0.3 is 0 Å². The Morgan fingerprint density at radius 2 is 1.47 bits per heavy atom. The van der Waals surface area contributed by atoms with Crippen molar-refractivity contribution in [2.75, 3.05) is 16.0 Å². The van der Waals surface area contributed by atoms with Crippen LogP contribution in [0.1, 0.15) is 10.4 Å². The van der Waals surface area contributed by atoms with E-state index >= 15 is 0 Å². The lowest BCUT2D eigenvalue weighted by Gasteiger charge is -2.10. The molecule has 6 heteroatoms. The molecule has 0 fully saturated rings. The molecule has 3 aromatic carbocycles. The molecule has 1 amide bonds. The second kappa shape index (κ2) is 9.42. The van der Waals surface area contributed by atoms with Gasteiger partial charge in [-0.2, -0.15) is 0 Å². The minimum Gasteiger partial charge on any atom is -0.355 e. The molecule has 2 aromatic heterocycles. The summed E-state index contributed by atoms with van der Waals surface area (Å²) >= 11 is 0. The van der Waals surface area contributed by atoms with Gasteiger partial charge in [0.1, 0.15) is 7.05 Å². The molecule has 0 atom stereocenters. The van der Waals surface area contributed by atoms with Crippen molar-refractivity contribution < 1.29 is 14.3 Å². The maximum absolute atomic E-state index is 12.8. The number of rotatable bonds is 6. The zero-order chi connectivity index (χ0) is 23.3. The summed E-state index contributed by atoms with van der Waals surface area (Å²) in [6.45, 7) is 0. The second-order valence-corrected chi connectivity index (χ2v) is 8.05. The van der Waals surface area contributed by atoms with Crippen LogP contribution in [-0.2, 0) is 7.05 Å². The van der Waals surface area contributed by atoms with Gasteiger partial charge < -0.3 is 16.0 Å². The van der Waals surface area contributed by atoms with Gasteiger partial charge in [0.05, 0.1) is 16.8 Å². The van der Waals surface area contributed by atoms with E-state index in [4.69, 9.17) is 0 Å². The van der Waals surface area contributed by atoms with Crippen molar-refractivity contribution in [2.45, 2.75) is 0 Å². The number of H-pyrrole nitrogens is 1. The van der Waals surface area contributed by atoms with Gasteiger partial charge in [0, 0.05) is 46.9 Å². The highest BCUT2D eigenvalue weighted by molar-refractivity contribution is 6.05. The van der Waals surface area contributed by atoms with Gasteiger partial charge in [-0.1, -0.05) is 18.2 Å². The quantitative estimate of drug-likeness (QED) is 0.313. The van der Waals surface area contributed by atoms with Gasteiger partial charge in [-0.25, -0.2) is 9.55 Å². The summed E-state index contributed by atoms with van der Waals surface area (Å²) in [5.41, 5.74) is 6.15. The zero-order valence-corrected chi connectivity index (χ0v) is 18.7. The van der Waals surface area contributed by atoms with E-state index < -0.39 is 0 Å². The molecule has 34 heavy (non-hydrogen) atoms. The number of aromatic amines is 1. The molecule has 5 aromatic rings. The molecule has 0 saturated carbocycles. The number of nitrogens with one attached hydrogen (secondary N) is 4. The fourth-order valence-electron chi connectivity index (χ4n) is 3.74. The van der Waals surface area contributed by atoms with Crippen LogP contribution in [0, 0.1) is 0 Å². The monoisotopic (exact) mass is 447 g/mol. The number of aromatic nitrogens is 2. The molecule has 0 spiro atoms. The topological polar surface area (TPSA) is 71.2 Å². The summed E-state index contributed by atoms with van der Waals surface area (Å²) in [4.78, 5) is 16.1. The molecular formula is C28H25N5O+2. The lowest BCUT2D eigenvalue weighted by atomic mass is 10.1. The number of para-hydroxylation sites is 1. The molecule has 166 valence electrons. The first-order valence-corrected chi connectivity index (χ1v) is 11.0. The maximum atomic E-state index is 12.8. The molecule has 0 saturated heterocycles. The van der Waals surface area contributed by atoms with Crippen LogP contribution in [0.2, 0.25) is 0 Å². The average Bonchev–Trinajstić information content (AvgIpc) is 2.87. The van der Waals surface area contributed by atoms with Gasteiger partial charge in [-0.3, -0.25) is 4.79 Å². The van der Waals surface area contributed by atoms with Crippen molar-refractivity contribution in [3.63, 3.8) is 0 Å². The van der Waals surface area contributed by atoms with Gasteiger partial charge in [-0.05, 0) is 48.5 Å². The van der Waals surface area contributed by atoms with E-state index in [0.29, 0.717) is 5.56 Å². The Balaban J connectivity index is 1.26. The molecule has 2 heterocycles. The summed E-state index contributed by atoms with van der Waals surface area (Å²) in [7, 11) is 1.97. The van der Waals surface area contributed by atoms with E-state index in [-0.39, 0.29) is 5.91 Å². The number of nitrogens with zero attached hydrogens (tertiary/aromatic N) is 1. The SMILES string of the molecule is C[n+]1ccc(Nc2cccc(C(=O)Nc3ccc(Nc4cc[nH+]c5ccccc45)cc3)c2)cc1. The van der Waals surface area contributed by atoms with Crippen molar-refractivity contribution in [2.24, 2.45) is 7.05 Å². The number of carbonyl (C=O) groups is 1. The van der Waals surface area contributed by atoms with Gasteiger partial charge in [0.2, 0.25) is 5.52 Å². The van der Waals surface area contributed by atoms with Crippen molar-refractivity contribution in [1.82, 2.24) is 0 Å². The van der Waals surface area contributed by atoms with Crippen molar-refractivity contribution in [3.8, 4) is 0 Å². The Bertz CT molecular complexity index is 1440. The number of benzene rings is 3. The minimum absolute atomic E-state index is 0.159. The first kappa shape index (κ1) is 21.2. The predicted octanol–water partition coefficient (Wildman–Crippen LogP) is 5.22. The third-order valence-corrected chi connectivity index (χ3v) is 5.52. The summed E-state index contributed by atoms with van der Waals surface area (Å²) in [6, 6.07) is 29.3. The molecule has 0 aliphatic rings. The average molecular weight is 448 g/mol. The molecular weight excluding hydrogens is 422 g/mol. The van der Waals surface area contributed by atoms with Gasteiger partial charge in [0.25, 0.3) is 5.91 Å². The van der Waals surface area contributed by atoms with Crippen LogP contribution in [0.5, 0.6) is 0 Å². The second-order valence-electron chi connectivity index (χ2n) is 8.05. The third-order valence-electron chi connectivity index (χ3n) is 5.52. The predicted molar refractivity (Wildman–Crippen MR) is 136 cm³/mol.